The molecule has 0 saturated heterocycles. The Morgan fingerprint density at radius 1 is 1.23 bits per heavy atom. The first-order valence-electron chi connectivity index (χ1n) is 7.82. The molecule has 1 amide bonds. The lowest BCUT2D eigenvalue weighted by Gasteiger charge is -2.16. The Hall–Kier alpha value is -2.71. The van der Waals surface area contributed by atoms with E-state index in [9.17, 15) is 13.2 Å². The first-order chi connectivity index (χ1) is 12.3. The molecule has 0 atom stereocenters. The van der Waals surface area contributed by atoms with Crippen molar-refractivity contribution in [2.45, 2.75) is 11.8 Å². The Bertz CT molecular complexity index is 893. The minimum atomic E-state index is -3.78. The van der Waals surface area contributed by atoms with Crippen molar-refractivity contribution in [3.05, 3.63) is 59.7 Å². The summed E-state index contributed by atoms with van der Waals surface area (Å²) >= 11 is 0. The molecule has 26 heavy (non-hydrogen) atoms. The maximum Gasteiger partial charge on any atom is 0.255 e. The number of hydrazone groups is 1. The van der Waals surface area contributed by atoms with Gasteiger partial charge in [0.15, 0.2) is 0 Å². The van der Waals surface area contributed by atoms with Crippen LogP contribution < -0.4 is 10.2 Å². The predicted octanol–water partition coefficient (Wildman–Crippen LogP) is 1.77. The molecule has 0 aliphatic heterocycles. The van der Waals surface area contributed by atoms with E-state index >= 15 is 0 Å². The summed E-state index contributed by atoms with van der Waals surface area (Å²) in [4.78, 5) is 12.0. The van der Waals surface area contributed by atoms with Gasteiger partial charge in [-0.25, -0.2) is 13.8 Å². The van der Waals surface area contributed by atoms with Gasteiger partial charge in [0, 0.05) is 7.05 Å². The fourth-order valence-electron chi connectivity index (χ4n) is 2.18. The van der Waals surface area contributed by atoms with Gasteiger partial charge in [-0.1, -0.05) is 29.8 Å². The normalized spacial score (nSPS) is 11.7. The highest BCUT2D eigenvalue weighted by atomic mass is 32.2. The van der Waals surface area contributed by atoms with Crippen LogP contribution in [0.3, 0.4) is 0 Å². The second-order valence-corrected chi connectivity index (χ2v) is 7.69. The average molecular weight is 375 g/mol. The molecule has 8 heteroatoms. The number of hydrogen-bond donors (Lipinski definition) is 1. The average Bonchev–Trinajstić information content (AvgIpc) is 2.61. The van der Waals surface area contributed by atoms with Crippen molar-refractivity contribution >= 4 is 22.1 Å². The quantitative estimate of drug-likeness (QED) is 0.590. The Kier molecular flexibility index (Phi) is 6.48. The van der Waals surface area contributed by atoms with Gasteiger partial charge in [0.2, 0.25) is 10.0 Å². The second-order valence-electron chi connectivity index (χ2n) is 5.64. The van der Waals surface area contributed by atoms with E-state index in [1.54, 1.807) is 12.1 Å². The summed E-state index contributed by atoms with van der Waals surface area (Å²) in [6.45, 7) is 1.61. The van der Waals surface area contributed by atoms with Crippen molar-refractivity contribution in [3.8, 4) is 5.75 Å². The van der Waals surface area contributed by atoms with E-state index in [-0.39, 0.29) is 11.4 Å². The molecule has 0 aliphatic carbocycles. The van der Waals surface area contributed by atoms with Crippen molar-refractivity contribution in [1.29, 1.82) is 0 Å². The van der Waals surface area contributed by atoms with Crippen LogP contribution in [0.15, 0.2) is 58.5 Å². The number of sulfonamides is 1. The number of methoxy groups -OCH3 is 1. The van der Waals surface area contributed by atoms with Crippen LogP contribution in [-0.2, 0) is 14.8 Å². The van der Waals surface area contributed by atoms with E-state index < -0.39 is 15.9 Å². The van der Waals surface area contributed by atoms with E-state index in [0.29, 0.717) is 5.75 Å². The molecule has 0 spiro atoms. The van der Waals surface area contributed by atoms with Gasteiger partial charge in [-0.15, -0.1) is 0 Å². The molecule has 0 fully saturated rings. The highest BCUT2D eigenvalue weighted by Gasteiger charge is 2.22. The molecule has 2 rings (SSSR count). The van der Waals surface area contributed by atoms with Crippen LogP contribution >= 0.6 is 0 Å². The maximum absolute atomic E-state index is 12.5. The molecular formula is C18H21N3O4S. The summed E-state index contributed by atoms with van der Waals surface area (Å²) in [5.74, 6) is 0.0170. The Labute approximate surface area is 153 Å². The number of hydrogen-bond acceptors (Lipinski definition) is 5. The molecule has 2 aromatic rings. The molecule has 2 aromatic carbocycles. The Morgan fingerprint density at radius 2 is 1.92 bits per heavy atom. The number of ether oxygens (including phenoxy) is 1. The lowest BCUT2D eigenvalue weighted by Crippen LogP contribution is -2.36. The van der Waals surface area contributed by atoms with E-state index in [1.165, 1.54) is 32.5 Å². The summed E-state index contributed by atoms with van der Waals surface area (Å²) in [6.07, 6.45) is 1.50. The first kappa shape index (κ1) is 19.6. The maximum atomic E-state index is 12.5. The van der Waals surface area contributed by atoms with Crippen LogP contribution in [0.4, 0.5) is 0 Å². The Balaban J connectivity index is 1.96. The van der Waals surface area contributed by atoms with Gasteiger partial charge in [0.1, 0.15) is 5.75 Å². The molecule has 0 aliphatic rings. The zero-order chi connectivity index (χ0) is 19.2. The molecule has 138 valence electrons. The highest BCUT2D eigenvalue weighted by molar-refractivity contribution is 7.89. The van der Waals surface area contributed by atoms with E-state index in [0.717, 1.165) is 15.4 Å². The molecule has 7 nitrogen and oxygen atoms in total. The number of amides is 1. The van der Waals surface area contributed by atoms with Crippen molar-refractivity contribution in [3.63, 3.8) is 0 Å². The van der Waals surface area contributed by atoms with Crippen molar-refractivity contribution in [2.75, 3.05) is 20.7 Å². The summed E-state index contributed by atoms with van der Waals surface area (Å²) in [7, 11) is -0.943. The van der Waals surface area contributed by atoms with E-state index in [4.69, 9.17) is 4.74 Å². The largest absolute Gasteiger partial charge is 0.497 e. The van der Waals surface area contributed by atoms with E-state index in [1.807, 2.05) is 31.2 Å². The van der Waals surface area contributed by atoms with Crippen LogP contribution in [0.25, 0.3) is 0 Å². The molecule has 0 radical (unpaired) electrons. The van der Waals surface area contributed by atoms with Gasteiger partial charge >= 0.3 is 0 Å². The fourth-order valence-corrected chi connectivity index (χ4v) is 3.31. The van der Waals surface area contributed by atoms with Crippen LogP contribution in [0.5, 0.6) is 5.75 Å². The Morgan fingerprint density at radius 3 is 2.54 bits per heavy atom. The summed E-state index contributed by atoms with van der Waals surface area (Å²) in [5, 5.41) is 3.85. The zero-order valence-corrected chi connectivity index (χ0v) is 15.7. The number of aryl methyl sites for hydroxylation is 1. The van der Waals surface area contributed by atoms with Crippen molar-refractivity contribution in [2.24, 2.45) is 5.10 Å². The smallest absolute Gasteiger partial charge is 0.255 e. The van der Waals surface area contributed by atoms with Crippen molar-refractivity contribution in [1.82, 2.24) is 9.73 Å². The number of likely N-dealkylation sites (N-methyl/N-ethyl adjacent to an activating group) is 1. The van der Waals surface area contributed by atoms with Crippen LogP contribution in [0.1, 0.15) is 11.1 Å². The van der Waals surface area contributed by atoms with Gasteiger partial charge in [0.05, 0.1) is 24.8 Å². The molecule has 1 N–H and O–H groups in total. The van der Waals surface area contributed by atoms with Gasteiger partial charge in [-0.2, -0.15) is 9.41 Å². The molecule has 0 unspecified atom stereocenters. The number of rotatable bonds is 7. The minimum Gasteiger partial charge on any atom is -0.497 e. The van der Waals surface area contributed by atoms with Crippen LogP contribution in [0, 0.1) is 6.92 Å². The number of carbonyl (C=O) groups excluding carboxylic acids is 1. The molecule has 0 aromatic heterocycles. The number of benzene rings is 2. The van der Waals surface area contributed by atoms with E-state index in [2.05, 4.69) is 10.5 Å². The third-order valence-corrected chi connectivity index (χ3v) is 5.40. The van der Waals surface area contributed by atoms with Gasteiger partial charge in [0.25, 0.3) is 5.91 Å². The molecular weight excluding hydrogens is 354 g/mol. The molecule has 0 saturated carbocycles. The van der Waals surface area contributed by atoms with Gasteiger partial charge < -0.3 is 4.74 Å². The number of nitrogens with one attached hydrogen (secondary N) is 1. The summed E-state index contributed by atoms with van der Waals surface area (Å²) in [6, 6.07) is 13.6. The monoisotopic (exact) mass is 375 g/mol. The number of nitrogens with zero attached hydrogens (tertiary/aromatic N) is 2. The van der Waals surface area contributed by atoms with Gasteiger partial charge in [-0.3, -0.25) is 4.79 Å². The lowest BCUT2D eigenvalue weighted by atomic mass is 10.2. The standard InChI is InChI=1S/C18H21N3O4S/c1-14-5-4-6-15(11-14)12-19-20-18(22)13-21(2)26(23,24)17-9-7-16(25-3)8-10-17/h4-12H,13H2,1-3H3,(H,20,22). The van der Waals surface area contributed by atoms with Crippen LogP contribution in [0.2, 0.25) is 0 Å². The second kappa shape index (κ2) is 8.59. The predicted molar refractivity (Wildman–Crippen MR) is 99.7 cm³/mol. The zero-order valence-electron chi connectivity index (χ0n) is 14.8. The summed E-state index contributed by atoms with van der Waals surface area (Å²) in [5.41, 5.74) is 4.24. The third-order valence-electron chi connectivity index (χ3n) is 3.58. The molecule has 0 bridgehead atoms. The third kappa shape index (κ3) is 5.14. The first-order valence-corrected chi connectivity index (χ1v) is 9.26. The SMILES string of the molecule is COc1ccc(S(=O)(=O)N(C)CC(=O)NN=Cc2cccc(C)c2)cc1. The topological polar surface area (TPSA) is 88.1 Å². The number of carbonyl (C=O) groups is 1. The van der Waals surface area contributed by atoms with Crippen LogP contribution in [-0.4, -0.2) is 45.5 Å². The highest BCUT2D eigenvalue weighted by Crippen LogP contribution is 2.18. The molecule has 0 heterocycles. The fraction of sp³-hybridized carbons (Fsp3) is 0.222. The summed E-state index contributed by atoms with van der Waals surface area (Å²) < 4.78 is 30.9. The minimum absolute atomic E-state index is 0.0804. The van der Waals surface area contributed by atoms with Crippen molar-refractivity contribution < 1.29 is 17.9 Å². The lowest BCUT2D eigenvalue weighted by molar-refractivity contribution is -0.121. The van der Waals surface area contributed by atoms with Gasteiger partial charge in [-0.05, 0) is 36.8 Å².